The minimum Gasteiger partial charge on any atom is -0.377 e. The Morgan fingerprint density at radius 3 is 2.38 bits per heavy atom. The highest BCUT2D eigenvalue weighted by molar-refractivity contribution is 7.89. The third-order valence-corrected chi connectivity index (χ3v) is 6.24. The Morgan fingerprint density at radius 1 is 1.03 bits per heavy atom. The van der Waals surface area contributed by atoms with Gasteiger partial charge in [-0.15, -0.1) is 0 Å². The number of nitrogens with one attached hydrogen (secondary N) is 3. The van der Waals surface area contributed by atoms with Crippen molar-refractivity contribution in [3.63, 3.8) is 0 Å². The molecule has 29 heavy (non-hydrogen) atoms. The molecule has 8 nitrogen and oxygen atoms in total. The number of rotatable bonds is 6. The third-order valence-electron chi connectivity index (χ3n) is 4.33. The first kappa shape index (κ1) is 21.3. The number of hydrogen-bond acceptors (Lipinski definition) is 5. The molecule has 1 aliphatic rings. The molecule has 1 unspecified atom stereocenters. The van der Waals surface area contributed by atoms with Gasteiger partial charge in [-0.2, -0.15) is 0 Å². The highest BCUT2D eigenvalue weighted by Crippen LogP contribution is 2.23. The molecule has 1 heterocycles. The van der Waals surface area contributed by atoms with Crippen molar-refractivity contribution < 1.29 is 22.7 Å². The number of hydrogen-bond donors (Lipinski definition) is 3. The van der Waals surface area contributed by atoms with E-state index in [-0.39, 0.29) is 28.1 Å². The monoisotopic (exact) mass is 437 g/mol. The Bertz CT molecular complexity index is 992. The van der Waals surface area contributed by atoms with Crippen molar-refractivity contribution in [2.24, 2.45) is 0 Å². The second-order valence-corrected chi connectivity index (χ2v) is 8.55. The van der Waals surface area contributed by atoms with Gasteiger partial charge in [-0.25, -0.2) is 13.1 Å². The van der Waals surface area contributed by atoms with Crippen molar-refractivity contribution in [2.75, 3.05) is 13.2 Å². The zero-order valence-corrected chi connectivity index (χ0v) is 16.9. The van der Waals surface area contributed by atoms with Crippen molar-refractivity contribution in [3.8, 4) is 0 Å². The van der Waals surface area contributed by atoms with Crippen molar-refractivity contribution in [1.82, 2.24) is 15.6 Å². The van der Waals surface area contributed by atoms with E-state index in [1.54, 1.807) is 30.3 Å². The number of carbonyl (C=O) groups excluding carboxylic acids is 2. The summed E-state index contributed by atoms with van der Waals surface area (Å²) in [5.74, 6) is -1.18. The summed E-state index contributed by atoms with van der Waals surface area (Å²) in [6.45, 7) is 0.736. The molecular formula is C19H20ClN3O5S. The molecule has 1 fully saturated rings. The topological polar surface area (TPSA) is 114 Å². The summed E-state index contributed by atoms with van der Waals surface area (Å²) in [6, 6.07) is 12.2. The molecule has 10 heteroatoms. The van der Waals surface area contributed by atoms with E-state index in [4.69, 9.17) is 16.3 Å². The highest BCUT2D eigenvalue weighted by Gasteiger charge is 2.23. The summed E-state index contributed by atoms with van der Waals surface area (Å²) in [7, 11) is -3.94. The maximum atomic E-state index is 12.6. The molecule has 0 spiro atoms. The van der Waals surface area contributed by atoms with E-state index in [0.717, 1.165) is 18.9 Å². The molecule has 0 saturated carbocycles. The first-order valence-corrected chi connectivity index (χ1v) is 10.8. The number of benzene rings is 2. The lowest BCUT2D eigenvalue weighted by Gasteiger charge is -2.13. The van der Waals surface area contributed by atoms with Crippen LogP contribution in [0.4, 0.5) is 0 Å². The molecule has 1 atom stereocenters. The van der Waals surface area contributed by atoms with Gasteiger partial charge in [0.2, 0.25) is 10.0 Å². The minimum absolute atomic E-state index is 0.0188. The molecule has 0 radical (unpaired) electrons. The summed E-state index contributed by atoms with van der Waals surface area (Å²) in [6.07, 6.45) is 1.49. The Hall–Kier alpha value is -2.46. The fourth-order valence-electron chi connectivity index (χ4n) is 2.78. The summed E-state index contributed by atoms with van der Waals surface area (Å²) in [5, 5.41) is -0.0188. The molecule has 2 aromatic rings. The van der Waals surface area contributed by atoms with Crippen molar-refractivity contribution in [2.45, 2.75) is 23.8 Å². The number of sulfonamides is 1. The molecular weight excluding hydrogens is 418 g/mol. The van der Waals surface area contributed by atoms with Crippen LogP contribution < -0.4 is 15.6 Å². The zero-order valence-electron chi connectivity index (χ0n) is 15.4. The van der Waals surface area contributed by atoms with Crippen LogP contribution in [0.3, 0.4) is 0 Å². The lowest BCUT2D eigenvalue weighted by molar-refractivity contribution is 0.0846. The first-order chi connectivity index (χ1) is 13.9. The average Bonchev–Trinajstić information content (AvgIpc) is 3.25. The quantitative estimate of drug-likeness (QED) is 0.597. The van der Waals surface area contributed by atoms with E-state index in [9.17, 15) is 18.0 Å². The van der Waals surface area contributed by atoms with Gasteiger partial charge in [0.1, 0.15) is 4.90 Å². The summed E-state index contributed by atoms with van der Waals surface area (Å²) < 4.78 is 33.0. The molecule has 2 aromatic carbocycles. The van der Waals surface area contributed by atoms with Crippen LogP contribution in [0.2, 0.25) is 5.02 Å². The highest BCUT2D eigenvalue weighted by atomic mass is 35.5. The zero-order chi connectivity index (χ0) is 20.9. The number of hydrazine groups is 1. The second kappa shape index (κ2) is 9.36. The van der Waals surface area contributed by atoms with Gasteiger partial charge in [-0.05, 0) is 43.2 Å². The van der Waals surface area contributed by atoms with Crippen LogP contribution in [0.5, 0.6) is 0 Å². The molecule has 1 saturated heterocycles. The summed E-state index contributed by atoms with van der Waals surface area (Å²) in [5.41, 5.74) is 4.93. The molecule has 3 N–H and O–H groups in total. The van der Waals surface area contributed by atoms with Gasteiger partial charge in [-0.3, -0.25) is 20.4 Å². The Balaban J connectivity index is 1.67. The Morgan fingerprint density at radius 2 is 1.72 bits per heavy atom. The van der Waals surface area contributed by atoms with E-state index < -0.39 is 21.8 Å². The maximum Gasteiger partial charge on any atom is 0.269 e. The van der Waals surface area contributed by atoms with E-state index in [2.05, 4.69) is 15.6 Å². The van der Waals surface area contributed by atoms with Crippen LogP contribution in [-0.2, 0) is 14.8 Å². The minimum atomic E-state index is -3.94. The smallest absolute Gasteiger partial charge is 0.269 e. The van der Waals surface area contributed by atoms with E-state index in [0.29, 0.717) is 12.2 Å². The van der Waals surface area contributed by atoms with Crippen LogP contribution in [0, 0.1) is 0 Å². The van der Waals surface area contributed by atoms with Gasteiger partial charge >= 0.3 is 0 Å². The average molecular weight is 438 g/mol. The maximum absolute atomic E-state index is 12.6. The van der Waals surface area contributed by atoms with Crippen LogP contribution in [0.1, 0.15) is 33.6 Å². The molecule has 1 aliphatic heterocycles. The van der Waals surface area contributed by atoms with Crippen molar-refractivity contribution in [3.05, 3.63) is 64.7 Å². The molecule has 0 aromatic heterocycles. The number of ether oxygens (including phenoxy) is 1. The second-order valence-electron chi connectivity index (χ2n) is 6.41. The fourth-order valence-corrected chi connectivity index (χ4v) is 4.37. The van der Waals surface area contributed by atoms with Gasteiger partial charge in [0.15, 0.2) is 0 Å². The fraction of sp³-hybridized carbons (Fsp3) is 0.263. The summed E-state index contributed by atoms with van der Waals surface area (Å²) in [4.78, 5) is 24.1. The molecule has 0 aliphatic carbocycles. The standard InChI is InChI=1S/C19H20ClN3O5S/c20-16-9-8-14(19(25)23-22-18(24)13-5-2-1-3-6-13)11-17(16)29(26,27)21-12-15-7-4-10-28-15/h1-3,5-6,8-9,11,15,21H,4,7,10,12H2,(H,22,24)(H,23,25). The molecule has 3 rings (SSSR count). The normalized spacial score (nSPS) is 16.4. The molecule has 154 valence electrons. The SMILES string of the molecule is O=C(NNC(=O)c1ccc(Cl)c(S(=O)(=O)NCC2CCCO2)c1)c1ccccc1. The number of halogens is 1. The van der Waals surface area contributed by atoms with Crippen molar-refractivity contribution in [1.29, 1.82) is 0 Å². The Kier molecular flexibility index (Phi) is 6.86. The van der Waals surface area contributed by atoms with E-state index >= 15 is 0 Å². The lowest BCUT2D eigenvalue weighted by Crippen LogP contribution is -2.41. The van der Waals surface area contributed by atoms with Crippen LogP contribution >= 0.6 is 11.6 Å². The van der Waals surface area contributed by atoms with E-state index in [1.165, 1.54) is 12.1 Å². The third kappa shape index (κ3) is 5.54. The Labute approximate surface area is 173 Å². The van der Waals surface area contributed by atoms with Crippen LogP contribution in [0.25, 0.3) is 0 Å². The van der Waals surface area contributed by atoms with Gasteiger partial charge in [0.25, 0.3) is 11.8 Å². The van der Waals surface area contributed by atoms with Gasteiger partial charge < -0.3 is 4.74 Å². The number of carbonyl (C=O) groups is 2. The predicted molar refractivity (Wildman–Crippen MR) is 107 cm³/mol. The largest absolute Gasteiger partial charge is 0.377 e. The van der Waals surface area contributed by atoms with Crippen LogP contribution in [-0.4, -0.2) is 39.5 Å². The predicted octanol–water partition coefficient (Wildman–Crippen LogP) is 1.87. The van der Waals surface area contributed by atoms with Crippen LogP contribution in [0.15, 0.2) is 53.4 Å². The number of amides is 2. The first-order valence-electron chi connectivity index (χ1n) is 8.93. The molecule has 0 bridgehead atoms. The van der Waals surface area contributed by atoms with E-state index in [1.807, 2.05) is 0 Å². The summed E-state index contributed by atoms with van der Waals surface area (Å²) >= 11 is 6.04. The molecule has 2 amide bonds. The lowest BCUT2D eigenvalue weighted by atomic mass is 10.2. The van der Waals surface area contributed by atoms with Crippen molar-refractivity contribution >= 4 is 33.4 Å². The van der Waals surface area contributed by atoms with Gasteiger partial charge in [-0.1, -0.05) is 29.8 Å². The van der Waals surface area contributed by atoms with Gasteiger partial charge in [0.05, 0.1) is 11.1 Å². The van der Waals surface area contributed by atoms with Gasteiger partial charge in [0, 0.05) is 24.3 Å².